The van der Waals surface area contributed by atoms with Crippen molar-refractivity contribution < 1.29 is 14.1 Å². The van der Waals surface area contributed by atoms with Crippen LogP contribution < -0.4 is 16.5 Å². The van der Waals surface area contributed by atoms with Crippen molar-refractivity contribution in [3.8, 4) is 0 Å². The van der Waals surface area contributed by atoms with Gasteiger partial charge in [-0.25, -0.2) is 0 Å². The molecule has 3 aromatic rings. The molecule has 0 aliphatic carbocycles. The molecule has 0 unspecified atom stereocenters. The Morgan fingerprint density at radius 1 is 1.09 bits per heavy atom. The first-order valence-corrected chi connectivity index (χ1v) is 11.3. The summed E-state index contributed by atoms with van der Waals surface area (Å²) in [5.74, 6) is -0.752. The summed E-state index contributed by atoms with van der Waals surface area (Å²) in [6.45, 7) is 10.8. The van der Waals surface area contributed by atoms with Gasteiger partial charge in [-0.05, 0) is 76.0 Å². The van der Waals surface area contributed by atoms with E-state index in [1.54, 1.807) is 6.92 Å². The van der Waals surface area contributed by atoms with E-state index in [0.29, 0.717) is 5.70 Å². The summed E-state index contributed by atoms with van der Waals surface area (Å²) >= 11 is 0. The van der Waals surface area contributed by atoms with E-state index in [-0.39, 0.29) is 24.0 Å². The van der Waals surface area contributed by atoms with Crippen molar-refractivity contribution in [1.29, 1.82) is 5.41 Å². The quantitative estimate of drug-likeness (QED) is 0.370. The average Bonchev–Trinajstić information content (AvgIpc) is 3.24. The van der Waals surface area contributed by atoms with Crippen LogP contribution in [0, 0.1) is 5.41 Å². The zero-order valence-electron chi connectivity index (χ0n) is 20.3. The first-order chi connectivity index (χ1) is 15.9. The lowest BCUT2D eigenvalue weighted by molar-refractivity contribution is -0.111. The fourth-order valence-electron chi connectivity index (χ4n) is 3.92. The van der Waals surface area contributed by atoms with Crippen molar-refractivity contribution in [1.82, 2.24) is 4.57 Å². The Morgan fingerprint density at radius 2 is 1.74 bits per heavy atom. The van der Waals surface area contributed by atoms with Crippen LogP contribution in [0.1, 0.15) is 40.2 Å². The van der Waals surface area contributed by atoms with Gasteiger partial charge in [0.25, 0.3) is 5.91 Å². The largest absolute Gasteiger partial charge is 0.494 e. The fourth-order valence-corrected chi connectivity index (χ4v) is 3.92. The molecule has 1 aromatic heterocycles. The van der Waals surface area contributed by atoms with Crippen LogP contribution in [0.25, 0.3) is 10.9 Å². The summed E-state index contributed by atoms with van der Waals surface area (Å²) in [7, 11) is -0.360. The van der Waals surface area contributed by atoms with Crippen LogP contribution in [-0.4, -0.2) is 34.5 Å². The van der Waals surface area contributed by atoms with Crippen LogP contribution in [0.3, 0.4) is 0 Å². The smallest absolute Gasteiger partial charge is 0.399 e. The molecule has 2 heterocycles. The van der Waals surface area contributed by atoms with E-state index in [0.717, 1.165) is 28.6 Å². The molecule has 0 radical (unpaired) electrons. The molecule has 34 heavy (non-hydrogen) atoms. The van der Waals surface area contributed by atoms with E-state index < -0.39 is 5.91 Å². The number of allylic oxidation sites excluding steroid dienone is 1. The summed E-state index contributed by atoms with van der Waals surface area (Å²) < 4.78 is 14.5. The molecule has 7 nitrogen and oxygen atoms in total. The maximum absolute atomic E-state index is 11.1. The lowest BCUT2D eigenvalue weighted by atomic mass is 9.79. The average molecular weight is 458 g/mol. The number of hydrogen-bond acceptors (Lipinski definition) is 5. The molecule has 0 saturated carbocycles. The number of anilines is 1. The Labute approximate surface area is 200 Å². The van der Waals surface area contributed by atoms with E-state index in [2.05, 4.69) is 80.2 Å². The summed E-state index contributed by atoms with van der Waals surface area (Å²) in [5, 5.41) is 11.9. The van der Waals surface area contributed by atoms with E-state index in [1.165, 1.54) is 11.6 Å². The van der Waals surface area contributed by atoms with E-state index >= 15 is 0 Å². The van der Waals surface area contributed by atoms with Gasteiger partial charge < -0.3 is 24.9 Å². The molecule has 1 amide bonds. The highest BCUT2D eigenvalue weighted by Crippen LogP contribution is 2.36. The minimum atomic E-state index is -0.752. The van der Waals surface area contributed by atoms with Crippen molar-refractivity contribution in [3.05, 3.63) is 72.1 Å². The van der Waals surface area contributed by atoms with Crippen LogP contribution in [0.5, 0.6) is 0 Å². The van der Waals surface area contributed by atoms with Gasteiger partial charge in [0.15, 0.2) is 0 Å². The number of carbonyl (C=O) groups is 1. The van der Waals surface area contributed by atoms with Gasteiger partial charge in [0, 0.05) is 35.0 Å². The highest BCUT2D eigenvalue weighted by atomic mass is 16.7. The molecule has 4 rings (SSSR count). The van der Waals surface area contributed by atoms with Crippen molar-refractivity contribution >= 4 is 40.8 Å². The summed E-state index contributed by atoms with van der Waals surface area (Å²) in [4.78, 5) is 11.1. The molecule has 0 bridgehead atoms. The van der Waals surface area contributed by atoms with Gasteiger partial charge in [0.05, 0.1) is 11.2 Å². The van der Waals surface area contributed by atoms with Crippen molar-refractivity contribution in [2.75, 3.05) is 5.32 Å². The number of nitrogens with one attached hydrogen (secondary N) is 2. The van der Waals surface area contributed by atoms with E-state index in [1.807, 2.05) is 12.1 Å². The molecule has 1 fully saturated rings. The first kappa shape index (κ1) is 23.8. The molecular weight excluding hydrogens is 427 g/mol. The molecule has 1 aliphatic heterocycles. The van der Waals surface area contributed by atoms with Gasteiger partial charge in [-0.2, -0.15) is 0 Å². The second-order valence-corrected chi connectivity index (χ2v) is 9.78. The monoisotopic (exact) mass is 458 g/mol. The molecule has 4 N–H and O–H groups in total. The van der Waals surface area contributed by atoms with Crippen LogP contribution in [0.15, 0.2) is 66.5 Å². The number of fused-ring (bicyclic) bond motifs is 1. The Bertz CT molecular complexity index is 1260. The number of hydrogen-bond donors (Lipinski definition) is 3. The van der Waals surface area contributed by atoms with E-state index in [9.17, 15) is 4.79 Å². The van der Waals surface area contributed by atoms with Crippen molar-refractivity contribution in [2.45, 2.75) is 52.4 Å². The first-order valence-electron chi connectivity index (χ1n) is 11.3. The second-order valence-electron chi connectivity index (χ2n) is 9.78. The topological polar surface area (TPSA) is 102 Å². The minimum absolute atomic E-state index is 0.235. The molecular formula is C26H31BN4O3. The van der Waals surface area contributed by atoms with Crippen LogP contribution in [-0.2, 0) is 20.6 Å². The van der Waals surface area contributed by atoms with Crippen LogP contribution >= 0.6 is 0 Å². The second kappa shape index (κ2) is 8.78. The van der Waals surface area contributed by atoms with Gasteiger partial charge in [-0.15, -0.1) is 0 Å². The van der Waals surface area contributed by atoms with E-state index in [4.69, 9.17) is 20.5 Å². The zero-order chi connectivity index (χ0) is 24.7. The third-order valence-corrected chi connectivity index (χ3v) is 6.60. The van der Waals surface area contributed by atoms with Gasteiger partial charge in [-0.3, -0.25) is 10.2 Å². The Balaban J connectivity index is 1.46. The van der Waals surface area contributed by atoms with Gasteiger partial charge >= 0.3 is 7.12 Å². The van der Waals surface area contributed by atoms with Gasteiger partial charge in [-0.1, -0.05) is 24.3 Å². The zero-order valence-corrected chi connectivity index (χ0v) is 20.3. The van der Waals surface area contributed by atoms with Gasteiger partial charge in [0.2, 0.25) is 0 Å². The molecule has 2 aromatic carbocycles. The normalized spacial score (nSPS) is 17.2. The number of carbonyl (C=O) groups excluding carboxylic acids is 1. The summed E-state index contributed by atoms with van der Waals surface area (Å²) in [6.07, 6.45) is 3.49. The number of rotatable bonds is 7. The number of aromatic nitrogens is 1. The highest BCUT2D eigenvalue weighted by Gasteiger charge is 2.51. The predicted octanol–water partition coefficient (Wildman–Crippen LogP) is 3.81. The number of nitrogens with zero attached hydrogens (tertiary/aromatic N) is 1. The predicted molar refractivity (Wildman–Crippen MR) is 137 cm³/mol. The van der Waals surface area contributed by atoms with Crippen LogP contribution in [0.4, 0.5) is 5.69 Å². The number of primary amides is 1. The fraction of sp³-hybridized carbons (Fsp3) is 0.308. The highest BCUT2D eigenvalue weighted by molar-refractivity contribution is 6.62. The third-order valence-electron chi connectivity index (χ3n) is 6.60. The molecule has 8 heteroatoms. The number of amides is 1. The minimum Gasteiger partial charge on any atom is -0.399 e. The Kier molecular flexibility index (Phi) is 6.14. The number of benzene rings is 2. The van der Waals surface area contributed by atoms with Gasteiger partial charge in [0.1, 0.15) is 5.71 Å². The van der Waals surface area contributed by atoms with Crippen LogP contribution in [0.2, 0.25) is 0 Å². The molecule has 0 atom stereocenters. The Hall–Kier alpha value is -3.36. The standard InChI is InChI=1S/C26H31BN4O3/c1-17(14-22(28)24(29)32)30-21-10-11-23-19(15-21)12-13-31(23)16-18-6-8-20(9-7-18)27-33-25(2,3)26(4,5)34-27/h6-15,28,30H,16H2,1-5H3,(H2,29,32)/b17-14-,28-22?. The third kappa shape index (κ3) is 4.78. The molecule has 1 saturated heterocycles. The lowest BCUT2D eigenvalue weighted by Gasteiger charge is -2.32. The van der Waals surface area contributed by atoms with Crippen molar-refractivity contribution in [3.63, 3.8) is 0 Å². The maximum Gasteiger partial charge on any atom is 0.494 e. The molecule has 1 aliphatic rings. The van der Waals surface area contributed by atoms with Crippen molar-refractivity contribution in [2.24, 2.45) is 5.73 Å². The maximum atomic E-state index is 11.1. The lowest BCUT2D eigenvalue weighted by Crippen LogP contribution is -2.41. The number of nitrogens with two attached hydrogens (primary N) is 1. The molecule has 0 spiro atoms. The summed E-state index contributed by atoms with van der Waals surface area (Å²) in [6, 6.07) is 16.5. The SMILES string of the molecule is C/C(=C/C(=N)C(N)=O)Nc1ccc2c(ccn2Cc2ccc(B3OC(C)(C)C(C)(C)O3)cc2)c1. The summed E-state index contributed by atoms with van der Waals surface area (Å²) in [5.41, 5.74) is 9.05. The Morgan fingerprint density at radius 3 is 2.35 bits per heavy atom. The molecule has 176 valence electrons.